The molecule has 3 rings (SSSR count). The number of aliphatic hydroxyl groups excluding tert-OH is 1. The average Bonchev–Trinajstić information content (AvgIpc) is 3.08. The summed E-state index contributed by atoms with van der Waals surface area (Å²) in [5.74, 6) is 0.478. The fourth-order valence-electron chi connectivity index (χ4n) is 3.21. The highest BCUT2D eigenvalue weighted by Gasteiger charge is 2.24. The number of nitrogens with one attached hydrogen (secondary N) is 1. The molecular formula is C22H22Cl3N3O2S. The van der Waals surface area contributed by atoms with Crippen molar-refractivity contribution in [3.8, 4) is 16.9 Å². The van der Waals surface area contributed by atoms with Crippen LogP contribution in [0.15, 0.2) is 42.5 Å². The van der Waals surface area contributed by atoms with E-state index < -0.39 is 0 Å². The van der Waals surface area contributed by atoms with Crippen LogP contribution in [-0.4, -0.2) is 45.5 Å². The molecule has 9 heteroatoms. The first-order valence-corrected chi connectivity index (χ1v) is 12.1. The number of carbonyl (C=O) groups is 1. The SMILES string of the molecule is CSCC[C@@H](CO)NC(=O)c1nn(-c2ccc(Cl)cc2Cl)c(-c2ccc(Cl)cc2)c1C. The Balaban J connectivity index is 2.09. The zero-order chi connectivity index (χ0) is 22.5. The predicted molar refractivity (Wildman–Crippen MR) is 130 cm³/mol. The Kier molecular flexibility index (Phi) is 8.30. The number of carbonyl (C=O) groups excluding carboxylic acids is 1. The normalized spacial score (nSPS) is 12.1. The van der Waals surface area contributed by atoms with Gasteiger partial charge in [-0.2, -0.15) is 16.9 Å². The van der Waals surface area contributed by atoms with Gasteiger partial charge in [0.25, 0.3) is 5.91 Å². The van der Waals surface area contributed by atoms with Crippen molar-refractivity contribution < 1.29 is 9.90 Å². The van der Waals surface area contributed by atoms with Gasteiger partial charge in [0.2, 0.25) is 0 Å². The molecule has 2 N–H and O–H groups in total. The number of aromatic nitrogens is 2. The lowest BCUT2D eigenvalue weighted by Crippen LogP contribution is -2.38. The van der Waals surface area contributed by atoms with Crippen molar-refractivity contribution in [2.24, 2.45) is 0 Å². The monoisotopic (exact) mass is 497 g/mol. The van der Waals surface area contributed by atoms with Gasteiger partial charge in [0.1, 0.15) is 0 Å². The van der Waals surface area contributed by atoms with Crippen molar-refractivity contribution in [2.75, 3.05) is 18.6 Å². The molecule has 0 aliphatic heterocycles. The highest BCUT2D eigenvalue weighted by atomic mass is 35.5. The Morgan fingerprint density at radius 2 is 1.84 bits per heavy atom. The maximum absolute atomic E-state index is 13.0. The Hall–Kier alpha value is -1.70. The van der Waals surface area contributed by atoms with Crippen LogP contribution in [0.1, 0.15) is 22.5 Å². The second-order valence-electron chi connectivity index (χ2n) is 6.97. The average molecular weight is 499 g/mol. The van der Waals surface area contributed by atoms with Crippen LogP contribution in [0.4, 0.5) is 0 Å². The standard InChI is InChI=1S/C22H22Cl3N3O2S/c1-13-20(22(30)26-17(12-29)9-10-31-2)27-28(19-8-7-16(24)11-18(19)25)21(13)14-3-5-15(23)6-4-14/h3-8,11,17,29H,9-10,12H2,1-2H3,(H,26,30)/t17-/m0/s1. The summed E-state index contributed by atoms with van der Waals surface area (Å²) in [5, 5.41) is 18.6. The molecule has 5 nitrogen and oxygen atoms in total. The van der Waals surface area contributed by atoms with Gasteiger partial charge < -0.3 is 10.4 Å². The molecule has 0 aliphatic rings. The molecule has 0 spiro atoms. The van der Waals surface area contributed by atoms with Crippen LogP contribution in [0.25, 0.3) is 16.9 Å². The van der Waals surface area contributed by atoms with Gasteiger partial charge in [-0.25, -0.2) is 4.68 Å². The molecule has 0 saturated carbocycles. The molecule has 31 heavy (non-hydrogen) atoms. The summed E-state index contributed by atoms with van der Waals surface area (Å²) in [6.07, 6.45) is 2.65. The van der Waals surface area contributed by atoms with Crippen LogP contribution in [0, 0.1) is 6.92 Å². The Bertz CT molecular complexity index is 1070. The van der Waals surface area contributed by atoms with Crippen LogP contribution in [0.5, 0.6) is 0 Å². The van der Waals surface area contributed by atoms with Crippen LogP contribution < -0.4 is 5.32 Å². The topological polar surface area (TPSA) is 67.2 Å². The quantitative estimate of drug-likeness (QED) is 0.421. The Morgan fingerprint density at radius 1 is 1.16 bits per heavy atom. The first kappa shape index (κ1) is 24.0. The second kappa shape index (κ2) is 10.7. The van der Waals surface area contributed by atoms with Gasteiger partial charge in [-0.15, -0.1) is 0 Å². The van der Waals surface area contributed by atoms with E-state index in [1.165, 1.54) is 0 Å². The molecule has 0 aliphatic carbocycles. The molecule has 0 bridgehead atoms. The summed E-state index contributed by atoms with van der Waals surface area (Å²) in [4.78, 5) is 13.0. The summed E-state index contributed by atoms with van der Waals surface area (Å²) in [6.45, 7) is 1.70. The number of hydrogen-bond acceptors (Lipinski definition) is 4. The van der Waals surface area contributed by atoms with Crippen molar-refractivity contribution in [3.05, 3.63) is 68.8 Å². The van der Waals surface area contributed by atoms with E-state index in [0.29, 0.717) is 32.7 Å². The number of thioether (sulfide) groups is 1. The van der Waals surface area contributed by atoms with E-state index in [2.05, 4.69) is 10.4 Å². The molecule has 1 aromatic heterocycles. The summed E-state index contributed by atoms with van der Waals surface area (Å²) in [6, 6.07) is 12.0. The second-order valence-corrected chi connectivity index (χ2v) is 9.24. The van der Waals surface area contributed by atoms with E-state index in [0.717, 1.165) is 17.0 Å². The first-order valence-electron chi connectivity index (χ1n) is 9.57. The number of amides is 1. The lowest BCUT2D eigenvalue weighted by atomic mass is 10.1. The van der Waals surface area contributed by atoms with Gasteiger partial charge in [-0.3, -0.25) is 4.79 Å². The highest BCUT2D eigenvalue weighted by Crippen LogP contribution is 2.33. The van der Waals surface area contributed by atoms with Crippen molar-refractivity contribution >= 4 is 52.5 Å². The zero-order valence-electron chi connectivity index (χ0n) is 17.0. The van der Waals surface area contributed by atoms with Crippen molar-refractivity contribution in [1.82, 2.24) is 15.1 Å². The van der Waals surface area contributed by atoms with Crippen molar-refractivity contribution in [2.45, 2.75) is 19.4 Å². The number of aliphatic hydroxyl groups is 1. The van der Waals surface area contributed by atoms with E-state index in [1.54, 1.807) is 46.8 Å². The molecule has 1 heterocycles. The van der Waals surface area contributed by atoms with Gasteiger partial charge in [0.05, 0.1) is 29.1 Å². The van der Waals surface area contributed by atoms with E-state index in [4.69, 9.17) is 34.8 Å². The van der Waals surface area contributed by atoms with Crippen LogP contribution in [0.2, 0.25) is 15.1 Å². The Morgan fingerprint density at radius 3 is 2.45 bits per heavy atom. The molecule has 0 saturated heterocycles. The van der Waals surface area contributed by atoms with E-state index >= 15 is 0 Å². The fraction of sp³-hybridized carbons (Fsp3) is 0.273. The smallest absolute Gasteiger partial charge is 0.272 e. The third-order valence-corrected chi connectivity index (χ3v) is 6.25. The summed E-state index contributed by atoms with van der Waals surface area (Å²) in [5.41, 5.74) is 3.10. The molecule has 164 valence electrons. The van der Waals surface area contributed by atoms with E-state index in [1.807, 2.05) is 25.3 Å². The summed E-state index contributed by atoms with van der Waals surface area (Å²) < 4.78 is 1.64. The third kappa shape index (κ3) is 5.57. The number of nitrogens with zero attached hydrogens (tertiary/aromatic N) is 2. The molecule has 1 atom stereocenters. The number of benzene rings is 2. The van der Waals surface area contributed by atoms with Gasteiger partial charge in [0, 0.05) is 21.2 Å². The van der Waals surface area contributed by atoms with E-state index in [-0.39, 0.29) is 24.2 Å². The minimum absolute atomic E-state index is 0.140. The zero-order valence-corrected chi connectivity index (χ0v) is 20.1. The largest absolute Gasteiger partial charge is 0.394 e. The maximum atomic E-state index is 13.0. The number of hydrogen-bond donors (Lipinski definition) is 2. The van der Waals surface area contributed by atoms with Gasteiger partial charge in [0.15, 0.2) is 5.69 Å². The summed E-state index contributed by atoms with van der Waals surface area (Å²) >= 11 is 20.2. The fourth-order valence-corrected chi connectivity index (χ4v) is 4.34. The first-order chi connectivity index (χ1) is 14.8. The lowest BCUT2D eigenvalue weighted by molar-refractivity contribution is 0.0909. The van der Waals surface area contributed by atoms with Crippen LogP contribution in [-0.2, 0) is 0 Å². The van der Waals surface area contributed by atoms with Crippen LogP contribution >= 0.6 is 46.6 Å². The highest BCUT2D eigenvalue weighted by molar-refractivity contribution is 7.98. The van der Waals surface area contributed by atoms with Crippen LogP contribution in [0.3, 0.4) is 0 Å². The minimum atomic E-state index is -0.350. The maximum Gasteiger partial charge on any atom is 0.272 e. The van der Waals surface area contributed by atoms with Crippen molar-refractivity contribution in [1.29, 1.82) is 0 Å². The minimum Gasteiger partial charge on any atom is -0.394 e. The molecular weight excluding hydrogens is 477 g/mol. The Labute approximate surface area is 200 Å². The van der Waals surface area contributed by atoms with E-state index in [9.17, 15) is 9.90 Å². The molecule has 3 aromatic rings. The van der Waals surface area contributed by atoms with Crippen molar-refractivity contribution in [3.63, 3.8) is 0 Å². The number of rotatable bonds is 8. The van der Waals surface area contributed by atoms with Gasteiger partial charge in [-0.05, 0) is 55.7 Å². The molecule has 0 unspecified atom stereocenters. The molecule has 0 radical (unpaired) electrons. The number of halogens is 3. The summed E-state index contributed by atoms with van der Waals surface area (Å²) in [7, 11) is 0. The van der Waals surface area contributed by atoms with Gasteiger partial charge >= 0.3 is 0 Å². The predicted octanol–water partition coefficient (Wildman–Crippen LogP) is 5.65. The van der Waals surface area contributed by atoms with Gasteiger partial charge in [-0.1, -0.05) is 46.9 Å². The molecule has 1 amide bonds. The molecule has 2 aromatic carbocycles. The molecule has 0 fully saturated rings. The third-order valence-electron chi connectivity index (χ3n) is 4.82. The lowest BCUT2D eigenvalue weighted by Gasteiger charge is -2.15.